The quantitative estimate of drug-likeness (QED) is 0.393. The molecule has 5 rings (SSSR count). The Kier molecular flexibility index (Phi) is 6.30. The molecule has 0 bridgehead atoms. The van der Waals surface area contributed by atoms with Gasteiger partial charge in [-0.15, -0.1) is 0 Å². The van der Waals surface area contributed by atoms with Crippen molar-refractivity contribution in [2.45, 2.75) is 25.3 Å². The predicted octanol–water partition coefficient (Wildman–Crippen LogP) is 6.16. The first kappa shape index (κ1) is 22.5. The van der Waals surface area contributed by atoms with Crippen LogP contribution in [0.1, 0.15) is 47.2 Å². The second-order valence-corrected chi connectivity index (χ2v) is 8.85. The molecule has 2 aliphatic rings. The first-order valence-electron chi connectivity index (χ1n) is 10.8. The Labute approximate surface area is 205 Å². The summed E-state index contributed by atoms with van der Waals surface area (Å²) in [4.78, 5) is 25.8. The molecule has 174 valence electrons. The fraction of sp³-hybridized carbons (Fsp3) is 0.240. The number of carbonyl (C=O) groups excluding carboxylic acids is 2. The van der Waals surface area contributed by atoms with Crippen LogP contribution in [0.15, 0.2) is 74.5 Å². The van der Waals surface area contributed by atoms with Crippen molar-refractivity contribution in [1.82, 2.24) is 5.01 Å². The van der Waals surface area contributed by atoms with Gasteiger partial charge in [0.15, 0.2) is 6.61 Å². The minimum Gasteiger partial charge on any atom is -0.467 e. The Balaban J connectivity index is 1.41. The van der Waals surface area contributed by atoms with Crippen LogP contribution in [0.5, 0.6) is 0 Å². The molecule has 1 aliphatic carbocycles. The fourth-order valence-electron chi connectivity index (χ4n) is 4.45. The topological polar surface area (TPSA) is 85.3 Å². The minimum atomic E-state index is -0.777. The van der Waals surface area contributed by atoms with E-state index in [9.17, 15) is 9.59 Å². The lowest BCUT2D eigenvalue weighted by Crippen LogP contribution is -2.34. The van der Waals surface area contributed by atoms with Crippen molar-refractivity contribution < 1.29 is 23.2 Å². The number of benzene rings is 1. The number of furan rings is 2. The maximum atomic E-state index is 13.2. The van der Waals surface area contributed by atoms with E-state index in [-0.39, 0.29) is 21.5 Å². The number of hydrazone groups is 1. The van der Waals surface area contributed by atoms with Crippen LogP contribution in [0.25, 0.3) is 6.08 Å². The lowest BCUT2D eigenvalue weighted by Gasteiger charge is -2.27. The summed E-state index contributed by atoms with van der Waals surface area (Å²) in [5, 5.41) is 6.35. The lowest BCUT2D eigenvalue weighted by atomic mass is 9.79. The van der Waals surface area contributed by atoms with E-state index >= 15 is 0 Å². The van der Waals surface area contributed by atoms with Crippen molar-refractivity contribution in [2.24, 2.45) is 11.0 Å². The molecule has 0 radical (unpaired) electrons. The molecule has 9 heteroatoms. The third-order valence-electron chi connectivity index (χ3n) is 5.95. The zero-order valence-electron chi connectivity index (χ0n) is 17.9. The predicted molar refractivity (Wildman–Crippen MR) is 127 cm³/mol. The summed E-state index contributed by atoms with van der Waals surface area (Å²) in [6.45, 7) is -0.516. The van der Waals surface area contributed by atoms with E-state index in [0.29, 0.717) is 5.76 Å². The molecule has 1 saturated carbocycles. The Morgan fingerprint density at radius 1 is 1.09 bits per heavy atom. The van der Waals surface area contributed by atoms with Crippen LogP contribution in [-0.2, 0) is 9.53 Å². The highest BCUT2D eigenvalue weighted by Gasteiger charge is 2.45. The van der Waals surface area contributed by atoms with Crippen molar-refractivity contribution >= 4 is 46.9 Å². The highest BCUT2D eigenvalue weighted by molar-refractivity contribution is 6.39. The molecular formula is C25H20Cl2N2O5. The van der Waals surface area contributed by atoms with Crippen molar-refractivity contribution in [3.8, 4) is 0 Å². The maximum Gasteiger partial charge on any atom is 0.341 e. The van der Waals surface area contributed by atoms with Gasteiger partial charge in [0, 0.05) is 5.92 Å². The van der Waals surface area contributed by atoms with Gasteiger partial charge in [-0.25, -0.2) is 9.80 Å². The number of carbonyl (C=O) groups is 2. The summed E-state index contributed by atoms with van der Waals surface area (Å²) in [5.74, 6) is 0.0529. The summed E-state index contributed by atoms with van der Waals surface area (Å²) in [6, 6.07) is 11.5. The zero-order chi connectivity index (χ0) is 23.7. The summed E-state index contributed by atoms with van der Waals surface area (Å²) in [5.41, 5.74) is 1.85. The molecule has 2 atom stereocenters. The van der Waals surface area contributed by atoms with Crippen LogP contribution in [0.4, 0.5) is 0 Å². The molecule has 3 aromatic rings. The molecule has 1 fully saturated rings. The number of allylic oxidation sites excluding steroid dienone is 1. The molecule has 3 heterocycles. The van der Waals surface area contributed by atoms with E-state index < -0.39 is 24.5 Å². The number of hydrogen-bond acceptors (Lipinski definition) is 6. The van der Waals surface area contributed by atoms with Crippen LogP contribution >= 0.6 is 23.2 Å². The highest BCUT2D eigenvalue weighted by atomic mass is 35.5. The normalized spacial score (nSPS) is 20.8. The van der Waals surface area contributed by atoms with E-state index in [4.69, 9.17) is 36.8 Å². The molecule has 1 aliphatic heterocycles. The summed E-state index contributed by atoms with van der Waals surface area (Å²) in [6.07, 6.45) is 7.75. The fourth-order valence-corrected chi connectivity index (χ4v) is 5.00. The van der Waals surface area contributed by atoms with Gasteiger partial charge in [-0.2, -0.15) is 5.10 Å². The van der Waals surface area contributed by atoms with Gasteiger partial charge in [0.25, 0.3) is 5.91 Å². The Morgan fingerprint density at radius 3 is 2.56 bits per heavy atom. The number of amides is 1. The standard InChI is InChI=1S/C25H20Cl2N2O5/c26-18-8-2-9-19(27)22(18)25(31)34-14-21(30)29-24(20-10-4-12-33-20)17-7-1-5-15(23(17)28-29)13-16-6-3-11-32-16/h2-4,6,8-13,17,24H,1,5,7,14H2. The van der Waals surface area contributed by atoms with Crippen molar-refractivity contribution in [3.05, 3.63) is 87.7 Å². The number of fused-ring (bicyclic) bond motifs is 1. The first-order chi connectivity index (χ1) is 16.5. The van der Waals surface area contributed by atoms with Crippen molar-refractivity contribution in [3.63, 3.8) is 0 Å². The monoisotopic (exact) mass is 498 g/mol. The third kappa shape index (κ3) is 4.29. The van der Waals surface area contributed by atoms with E-state index in [0.717, 1.165) is 36.3 Å². The number of nitrogens with zero attached hydrogens (tertiary/aromatic N) is 2. The molecule has 0 spiro atoms. The van der Waals surface area contributed by atoms with E-state index in [2.05, 4.69) is 5.10 Å². The number of ether oxygens (including phenoxy) is 1. The van der Waals surface area contributed by atoms with Crippen LogP contribution in [0, 0.1) is 5.92 Å². The highest BCUT2D eigenvalue weighted by Crippen LogP contribution is 2.44. The molecule has 0 saturated heterocycles. The lowest BCUT2D eigenvalue weighted by molar-refractivity contribution is -0.137. The molecule has 1 aromatic carbocycles. The summed E-state index contributed by atoms with van der Waals surface area (Å²) in [7, 11) is 0. The average molecular weight is 499 g/mol. The van der Waals surface area contributed by atoms with Gasteiger partial charge in [0.05, 0.1) is 33.8 Å². The van der Waals surface area contributed by atoms with Gasteiger partial charge < -0.3 is 13.6 Å². The molecular weight excluding hydrogens is 479 g/mol. The average Bonchev–Trinajstić information content (AvgIpc) is 3.58. The van der Waals surface area contributed by atoms with Gasteiger partial charge in [0.1, 0.15) is 17.6 Å². The SMILES string of the molecule is O=C(OCC(=O)N1N=C2C(=Cc3ccco3)CCCC2C1c1ccco1)c1c(Cl)cccc1Cl. The van der Waals surface area contributed by atoms with E-state index in [1.807, 2.05) is 24.3 Å². The van der Waals surface area contributed by atoms with E-state index in [1.165, 1.54) is 17.1 Å². The number of rotatable bonds is 5. The molecule has 2 unspecified atom stereocenters. The van der Waals surface area contributed by atoms with Gasteiger partial charge in [-0.3, -0.25) is 4.79 Å². The second kappa shape index (κ2) is 9.52. The second-order valence-electron chi connectivity index (χ2n) is 8.04. The maximum absolute atomic E-state index is 13.2. The molecule has 1 amide bonds. The third-order valence-corrected chi connectivity index (χ3v) is 6.58. The van der Waals surface area contributed by atoms with Crippen LogP contribution in [0.3, 0.4) is 0 Å². The molecule has 2 aromatic heterocycles. The minimum absolute atomic E-state index is 0.0197. The Hall–Kier alpha value is -3.29. The smallest absolute Gasteiger partial charge is 0.341 e. The Morgan fingerprint density at radius 2 is 1.85 bits per heavy atom. The van der Waals surface area contributed by atoms with Gasteiger partial charge in [0.2, 0.25) is 0 Å². The molecule has 0 N–H and O–H groups in total. The van der Waals surface area contributed by atoms with Gasteiger partial charge >= 0.3 is 5.97 Å². The van der Waals surface area contributed by atoms with Crippen LogP contribution in [0.2, 0.25) is 10.0 Å². The number of halogens is 2. The summed E-state index contributed by atoms with van der Waals surface area (Å²) >= 11 is 12.2. The largest absolute Gasteiger partial charge is 0.467 e. The van der Waals surface area contributed by atoms with Crippen molar-refractivity contribution in [1.29, 1.82) is 0 Å². The van der Waals surface area contributed by atoms with Crippen LogP contribution < -0.4 is 0 Å². The number of esters is 1. The first-order valence-corrected chi connectivity index (χ1v) is 11.6. The summed E-state index contributed by atoms with van der Waals surface area (Å²) < 4.78 is 16.4. The van der Waals surface area contributed by atoms with Crippen molar-refractivity contribution in [2.75, 3.05) is 6.61 Å². The number of hydrogen-bond donors (Lipinski definition) is 0. The van der Waals surface area contributed by atoms with Crippen LogP contribution in [-0.4, -0.2) is 29.2 Å². The van der Waals surface area contributed by atoms with Gasteiger partial charge in [-0.05, 0) is 67.3 Å². The Bertz CT molecular complexity index is 1240. The molecule has 34 heavy (non-hydrogen) atoms. The zero-order valence-corrected chi connectivity index (χ0v) is 19.5. The van der Waals surface area contributed by atoms with E-state index in [1.54, 1.807) is 24.7 Å². The molecule has 7 nitrogen and oxygen atoms in total. The van der Waals surface area contributed by atoms with Gasteiger partial charge in [-0.1, -0.05) is 29.3 Å².